The van der Waals surface area contributed by atoms with Gasteiger partial charge in [-0.15, -0.1) is 0 Å². The molecule has 0 spiro atoms. The summed E-state index contributed by atoms with van der Waals surface area (Å²) < 4.78 is 5.64. The van der Waals surface area contributed by atoms with E-state index in [-0.39, 0.29) is 6.10 Å². The fourth-order valence-corrected chi connectivity index (χ4v) is 2.66. The average Bonchev–Trinajstić information content (AvgIpc) is 2.49. The van der Waals surface area contributed by atoms with Crippen molar-refractivity contribution in [3.8, 4) is 5.75 Å². The van der Waals surface area contributed by atoms with Crippen LogP contribution in [0.3, 0.4) is 0 Å². The van der Waals surface area contributed by atoms with Gasteiger partial charge in [0.25, 0.3) is 0 Å². The summed E-state index contributed by atoms with van der Waals surface area (Å²) >= 11 is 0. The van der Waals surface area contributed by atoms with Gasteiger partial charge in [-0.1, -0.05) is 12.1 Å². The second-order valence-corrected chi connectivity index (χ2v) is 6.35. The highest BCUT2D eigenvalue weighted by Crippen LogP contribution is 2.15. The standard InChI is InChI=1S/C18H28N2O2/c1-15(2)22-17-9-7-16(8-10-17)5-4-6-18(21)20-13-11-19(3)12-14-20/h7-10,15H,4-6,11-14H2,1-3H3. The Bertz CT molecular complexity index is 462. The van der Waals surface area contributed by atoms with Gasteiger partial charge in [-0.25, -0.2) is 0 Å². The summed E-state index contributed by atoms with van der Waals surface area (Å²) in [6.07, 6.45) is 2.71. The fourth-order valence-electron chi connectivity index (χ4n) is 2.66. The molecule has 1 aliphatic heterocycles. The highest BCUT2D eigenvalue weighted by Gasteiger charge is 2.18. The molecule has 2 rings (SSSR count). The van der Waals surface area contributed by atoms with Gasteiger partial charge in [0.15, 0.2) is 0 Å². The molecule has 1 aromatic carbocycles. The lowest BCUT2D eigenvalue weighted by atomic mass is 10.1. The number of amides is 1. The van der Waals surface area contributed by atoms with Crippen molar-refractivity contribution < 1.29 is 9.53 Å². The number of likely N-dealkylation sites (N-methyl/N-ethyl adjacent to an activating group) is 1. The maximum absolute atomic E-state index is 12.2. The summed E-state index contributed by atoms with van der Waals surface area (Å²) in [4.78, 5) is 16.4. The van der Waals surface area contributed by atoms with E-state index in [0.29, 0.717) is 12.3 Å². The molecular weight excluding hydrogens is 276 g/mol. The van der Waals surface area contributed by atoms with E-state index in [1.807, 2.05) is 30.9 Å². The normalized spacial score (nSPS) is 16.1. The third-order valence-electron chi connectivity index (χ3n) is 4.01. The number of carbonyl (C=O) groups excluding carboxylic acids is 1. The van der Waals surface area contributed by atoms with Crippen molar-refractivity contribution in [3.63, 3.8) is 0 Å². The molecule has 1 aliphatic rings. The van der Waals surface area contributed by atoms with E-state index in [4.69, 9.17) is 4.74 Å². The number of nitrogens with zero attached hydrogens (tertiary/aromatic N) is 2. The molecule has 4 heteroatoms. The average molecular weight is 304 g/mol. The first-order chi connectivity index (χ1) is 10.5. The van der Waals surface area contributed by atoms with Crippen molar-refractivity contribution in [2.24, 2.45) is 0 Å². The lowest BCUT2D eigenvalue weighted by molar-refractivity contribution is -0.132. The molecule has 0 bridgehead atoms. The van der Waals surface area contributed by atoms with Crippen LogP contribution in [0.5, 0.6) is 5.75 Å². The Morgan fingerprint density at radius 1 is 1.14 bits per heavy atom. The summed E-state index contributed by atoms with van der Waals surface area (Å²) in [6.45, 7) is 7.77. The van der Waals surface area contributed by atoms with Gasteiger partial charge in [0.05, 0.1) is 6.10 Å². The van der Waals surface area contributed by atoms with Crippen LogP contribution in [0.4, 0.5) is 0 Å². The first-order valence-corrected chi connectivity index (χ1v) is 8.26. The Kier molecular flexibility index (Phi) is 6.25. The summed E-state index contributed by atoms with van der Waals surface area (Å²) in [6, 6.07) is 8.21. The van der Waals surface area contributed by atoms with E-state index in [0.717, 1.165) is 44.8 Å². The molecule has 0 radical (unpaired) electrons. The summed E-state index contributed by atoms with van der Waals surface area (Å²) in [5, 5.41) is 0. The predicted molar refractivity (Wildman–Crippen MR) is 89.2 cm³/mol. The number of hydrogen-bond donors (Lipinski definition) is 0. The van der Waals surface area contributed by atoms with Gasteiger partial charge in [-0.2, -0.15) is 0 Å². The Morgan fingerprint density at radius 2 is 1.77 bits per heavy atom. The quantitative estimate of drug-likeness (QED) is 0.810. The molecule has 0 saturated carbocycles. The van der Waals surface area contributed by atoms with Crippen molar-refractivity contribution in [1.82, 2.24) is 9.80 Å². The molecule has 1 heterocycles. The Morgan fingerprint density at radius 3 is 2.36 bits per heavy atom. The summed E-state index contributed by atoms with van der Waals surface area (Å²) in [5.41, 5.74) is 1.27. The third-order valence-corrected chi connectivity index (χ3v) is 4.01. The number of piperazine rings is 1. The van der Waals surface area contributed by atoms with Gasteiger partial charge >= 0.3 is 0 Å². The van der Waals surface area contributed by atoms with Gasteiger partial charge in [-0.3, -0.25) is 4.79 Å². The van der Waals surface area contributed by atoms with Crippen LogP contribution in [0, 0.1) is 0 Å². The minimum absolute atomic E-state index is 0.201. The minimum atomic E-state index is 0.201. The smallest absolute Gasteiger partial charge is 0.222 e. The second kappa shape index (κ2) is 8.18. The van der Waals surface area contributed by atoms with E-state index in [9.17, 15) is 4.79 Å². The zero-order chi connectivity index (χ0) is 15.9. The first kappa shape index (κ1) is 16.8. The van der Waals surface area contributed by atoms with Crippen molar-refractivity contribution in [1.29, 1.82) is 0 Å². The second-order valence-electron chi connectivity index (χ2n) is 6.35. The molecule has 122 valence electrons. The molecule has 1 amide bonds. The fraction of sp³-hybridized carbons (Fsp3) is 0.611. The van der Waals surface area contributed by atoms with Crippen LogP contribution in [0.2, 0.25) is 0 Å². The number of hydrogen-bond acceptors (Lipinski definition) is 3. The monoisotopic (exact) mass is 304 g/mol. The van der Waals surface area contributed by atoms with E-state index in [1.54, 1.807) is 0 Å². The zero-order valence-corrected chi connectivity index (χ0v) is 14.0. The SMILES string of the molecule is CC(C)Oc1ccc(CCCC(=O)N2CCN(C)CC2)cc1. The molecule has 1 fully saturated rings. The third kappa shape index (κ3) is 5.34. The lowest BCUT2D eigenvalue weighted by Gasteiger charge is -2.32. The van der Waals surface area contributed by atoms with Gasteiger partial charge in [0.2, 0.25) is 5.91 Å². The molecule has 1 saturated heterocycles. The van der Waals surface area contributed by atoms with Gasteiger partial charge in [0.1, 0.15) is 5.75 Å². The van der Waals surface area contributed by atoms with Crippen LogP contribution in [-0.2, 0) is 11.2 Å². The van der Waals surface area contributed by atoms with Crippen molar-refractivity contribution in [3.05, 3.63) is 29.8 Å². The number of aryl methyl sites for hydroxylation is 1. The summed E-state index contributed by atoms with van der Waals surface area (Å²) in [5.74, 6) is 1.21. The predicted octanol–water partition coefficient (Wildman–Crippen LogP) is 2.57. The van der Waals surface area contributed by atoms with E-state index in [2.05, 4.69) is 24.1 Å². The molecule has 0 unspecified atom stereocenters. The maximum atomic E-state index is 12.2. The molecule has 0 aliphatic carbocycles. The van der Waals surface area contributed by atoms with E-state index < -0.39 is 0 Å². The molecule has 22 heavy (non-hydrogen) atoms. The molecule has 0 aromatic heterocycles. The molecule has 1 aromatic rings. The van der Waals surface area contributed by atoms with Crippen LogP contribution in [0.1, 0.15) is 32.3 Å². The van der Waals surface area contributed by atoms with Crippen LogP contribution >= 0.6 is 0 Å². The van der Waals surface area contributed by atoms with Crippen molar-refractivity contribution >= 4 is 5.91 Å². The Labute approximate surface area is 134 Å². The van der Waals surface area contributed by atoms with E-state index in [1.165, 1.54) is 5.56 Å². The van der Waals surface area contributed by atoms with Crippen LogP contribution in [0.15, 0.2) is 24.3 Å². The number of ether oxygens (including phenoxy) is 1. The van der Waals surface area contributed by atoms with Crippen molar-refractivity contribution in [2.75, 3.05) is 33.2 Å². The Hall–Kier alpha value is -1.55. The van der Waals surface area contributed by atoms with Gasteiger partial charge < -0.3 is 14.5 Å². The molecule has 4 nitrogen and oxygen atoms in total. The van der Waals surface area contributed by atoms with Gasteiger partial charge in [-0.05, 0) is 51.4 Å². The van der Waals surface area contributed by atoms with Gasteiger partial charge in [0, 0.05) is 32.6 Å². The lowest BCUT2D eigenvalue weighted by Crippen LogP contribution is -2.47. The zero-order valence-electron chi connectivity index (χ0n) is 14.0. The number of rotatable bonds is 6. The largest absolute Gasteiger partial charge is 0.491 e. The van der Waals surface area contributed by atoms with Crippen molar-refractivity contribution in [2.45, 2.75) is 39.2 Å². The highest BCUT2D eigenvalue weighted by atomic mass is 16.5. The van der Waals surface area contributed by atoms with E-state index >= 15 is 0 Å². The topological polar surface area (TPSA) is 32.8 Å². The highest BCUT2D eigenvalue weighted by molar-refractivity contribution is 5.76. The number of benzene rings is 1. The molecule has 0 atom stereocenters. The Balaban J connectivity index is 1.70. The molecule has 0 N–H and O–H groups in total. The maximum Gasteiger partial charge on any atom is 0.222 e. The van der Waals surface area contributed by atoms with Crippen LogP contribution in [-0.4, -0.2) is 55.0 Å². The number of carbonyl (C=O) groups is 1. The van der Waals surface area contributed by atoms with Crippen LogP contribution < -0.4 is 4.74 Å². The summed E-state index contributed by atoms with van der Waals surface area (Å²) in [7, 11) is 2.11. The minimum Gasteiger partial charge on any atom is -0.491 e. The van der Waals surface area contributed by atoms with Crippen LogP contribution in [0.25, 0.3) is 0 Å². The molecular formula is C18H28N2O2. The first-order valence-electron chi connectivity index (χ1n) is 8.26.